The number of carboxylic acid groups (broad SMARTS) is 1. The Labute approximate surface area is 112 Å². The summed E-state index contributed by atoms with van der Waals surface area (Å²) >= 11 is 5.79. The van der Waals surface area contributed by atoms with Crippen LogP contribution in [-0.4, -0.2) is 11.1 Å². The third kappa shape index (κ3) is 3.60. The van der Waals surface area contributed by atoms with E-state index in [4.69, 9.17) is 16.7 Å². The van der Waals surface area contributed by atoms with Crippen LogP contribution in [-0.2, 0) is 0 Å². The maximum atomic E-state index is 10.7. The largest absolute Gasteiger partial charge is 0.478 e. The molecule has 18 heavy (non-hydrogen) atoms. The minimum absolute atomic E-state index is 0.290. The van der Waals surface area contributed by atoms with Crippen molar-refractivity contribution in [1.82, 2.24) is 0 Å². The van der Waals surface area contributed by atoms with Gasteiger partial charge in [-0.3, -0.25) is 0 Å². The van der Waals surface area contributed by atoms with Gasteiger partial charge in [0.25, 0.3) is 0 Å². The zero-order chi connectivity index (χ0) is 13.5. The van der Waals surface area contributed by atoms with Crippen LogP contribution >= 0.6 is 11.6 Å². The average molecular weight is 263 g/mol. The molecule has 0 aliphatic heterocycles. The van der Waals surface area contributed by atoms with Gasteiger partial charge in [-0.1, -0.05) is 49.7 Å². The van der Waals surface area contributed by atoms with E-state index in [9.17, 15) is 4.79 Å². The second kappa shape index (κ2) is 6.82. The number of benzene rings is 2. The van der Waals surface area contributed by atoms with Gasteiger partial charge in [0.05, 0.1) is 5.56 Å². The van der Waals surface area contributed by atoms with Gasteiger partial charge in [0.1, 0.15) is 0 Å². The van der Waals surface area contributed by atoms with Crippen molar-refractivity contribution in [2.45, 2.75) is 13.8 Å². The number of halogens is 1. The first-order chi connectivity index (χ1) is 8.66. The van der Waals surface area contributed by atoms with Crippen molar-refractivity contribution in [1.29, 1.82) is 0 Å². The Balaban J connectivity index is 0.000000771. The number of rotatable bonds is 2. The Morgan fingerprint density at radius 1 is 0.889 bits per heavy atom. The van der Waals surface area contributed by atoms with Gasteiger partial charge in [-0.25, -0.2) is 4.79 Å². The van der Waals surface area contributed by atoms with Crippen LogP contribution in [0.25, 0.3) is 11.1 Å². The Bertz CT molecular complexity index is 501. The molecule has 0 aliphatic carbocycles. The first kappa shape index (κ1) is 14.3. The van der Waals surface area contributed by atoms with Crippen molar-refractivity contribution < 1.29 is 9.90 Å². The number of hydrogen-bond donors (Lipinski definition) is 1. The first-order valence-electron chi connectivity index (χ1n) is 5.76. The Morgan fingerprint density at radius 3 is 1.67 bits per heavy atom. The number of carboxylic acids is 1. The predicted octanol–water partition coefficient (Wildman–Crippen LogP) is 4.73. The average Bonchev–Trinajstić information content (AvgIpc) is 2.42. The minimum atomic E-state index is -0.914. The molecule has 0 radical (unpaired) electrons. The minimum Gasteiger partial charge on any atom is -0.478 e. The number of aromatic carboxylic acids is 1. The molecule has 2 aromatic carbocycles. The van der Waals surface area contributed by atoms with Crippen LogP contribution in [0.15, 0.2) is 48.5 Å². The van der Waals surface area contributed by atoms with E-state index in [1.54, 1.807) is 24.3 Å². The van der Waals surface area contributed by atoms with Crippen LogP contribution in [0.3, 0.4) is 0 Å². The molecule has 1 N–H and O–H groups in total. The molecule has 0 saturated heterocycles. The van der Waals surface area contributed by atoms with Crippen LogP contribution in [0.4, 0.5) is 0 Å². The van der Waals surface area contributed by atoms with Crippen LogP contribution in [0.1, 0.15) is 24.2 Å². The monoisotopic (exact) mass is 262 g/mol. The maximum Gasteiger partial charge on any atom is 0.335 e. The molecule has 0 saturated carbocycles. The topological polar surface area (TPSA) is 37.3 Å². The quantitative estimate of drug-likeness (QED) is 0.849. The lowest BCUT2D eigenvalue weighted by Gasteiger charge is -2.02. The SMILES string of the molecule is CC.O=C(O)c1ccc(-c2ccc(Cl)cc2)cc1. The molecule has 0 bridgehead atoms. The van der Waals surface area contributed by atoms with E-state index in [-0.39, 0.29) is 5.56 Å². The summed E-state index contributed by atoms with van der Waals surface area (Å²) in [4.78, 5) is 10.7. The van der Waals surface area contributed by atoms with E-state index in [1.807, 2.05) is 38.1 Å². The van der Waals surface area contributed by atoms with Gasteiger partial charge >= 0.3 is 5.97 Å². The molecule has 0 atom stereocenters. The van der Waals surface area contributed by atoms with Crippen molar-refractivity contribution in [2.24, 2.45) is 0 Å². The molecule has 0 aliphatic rings. The van der Waals surface area contributed by atoms with E-state index >= 15 is 0 Å². The van der Waals surface area contributed by atoms with E-state index in [0.717, 1.165) is 11.1 Å². The van der Waals surface area contributed by atoms with E-state index in [1.165, 1.54) is 0 Å². The third-order valence-electron chi connectivity index (χ3n) is 2.31. The standard InChI is InChI=1S/C13H9ClO2.C2H6/c14-12-7-5-10(6-8-12)9-1-3-11(4-2-9)13(15)16;1-2/h1-8H,(H,15,16);1-2H3. The summed E-state index contributed by atoms with van der Waals surface area (Å²) in [5.41, 5.74) is 2.28. The van der Waals surface area contributed by atoms with Crippen molar-refractivity contribution in [3.05, 3.63) is 59.1 Å². The smallest absolute Gasteiger partial charge is 0.335 e. The van der Waals surface area contributed by atoms with E-state index in [2.05, 4.69) is 0 Å². The van der Waals surface area contributed by atoms with Crippen molar-refractivity contribution >= 4 is 17.6 Å². The Hall–Kier alpha value is -1.80. The fourth-order valence-corrected chi connectivity index (χ4v) is 1.57. The molecule has 0 fully saturated rings. The van der Waals surface area contributed by atoms with Crippen molar-refractivity contribution in [3.63, 3.8) is 0 Å². The highest BCUT2D eigenvalue weighted by Gasteiger charge is 2.02. The van der Waals surface area contributed by atoms with Gasteiger partial charge < -0.3 is 5.11 Å². The summed E-state index contributed by atoms with van der Waals surface area (Å²) < 4.78 is 0. The van der Waals surface area contributed by atoms with Gasteiger partial charge in [0.15, 0.2) is 0 Å². The highest BCUT2D eigenvalue weighted by atomic mass is 35.5. The lowest BCUT2D eigenvalue weighted by molar-refractivity contribution is 0.0697. The van der Waals surface area contributed by atoms with Crippen LogP contribution in [0.5, 0.6) is 0 Å². The zero-order valence-corrected chi connectivity index (χ0v) is 11.1. The second-order valence-electron chi connectivity index (χ2n) is 3.39. The highest BCUT2D eigenvalue weighted by Crippen LogP contribution is 2.21. The maximum absolute atomic E-state index is 10.7. The van der Waals surface area contributed by atoms with Crippen LogP contribution in [0.2, 0.25) is 5.02 Å². The molecule has 0 spiro atoms. The van der Waals surface area contributed by atoms with Crippen LogP contribution in [0, 0.1) is 0 Å². The van der Waals surface area contributed by atoms with Gasteiger partial charge in [-0.15, -0.1) is 0 Å². The van der Waals surface area contributed by atoms with Gasteiger partial charge in [0.2, 0.25) is 0 Å². The Kier molecular flexibility index (Phi) is 5.40. The molecule has 2 nitrogen and oxygen atoms in total. The van der Waals surface area contributed by atoms with Gasteiger partial charge in [-0.05, 0) is 35.4 Å². The fourth-order valence-electron chi connectivity index (χ4n) is 1.45. The molecule has 94 valence electrons. The predicted molar refractivity (Wildman–Crippen MR) is 75.2 cm³/mol. The molecular weight excluding hydrogens is 248 g/mol. The normalized spacial score (nSPS) is 9.28. The number of hydrogen-bond acceptors (Lipinski definition) is 1. The van der Waals surface area contributed by atoms with Crippen molar-refractivity contribution in [2.75, 3.05) is 0 Å². The highest BCUT2D eigenvalue weighted by molar-refractivity contribution is 6.30. The molecule has 2 aromatic rings. The molecule has 0 aromatic heterocycles. The Morgan fingerprint density at radius 2 is 1.28 bits per heavy atom. The first-order valence-corrected chi connectivity index (χ1v) is 6.14. The fraction of sp³-hybridized carbons (Fsp3) is 0.133. The molecule has 0 heterocycles. The molecular formula is C15H15ClO2. The summed E-state index contributed by atoms with van der Waals surface area (Å²) in [6.07, 6.45) is 0. The number of carbonyl (C=O) groups is 1. The second-order valence-corrected chi connectivity index (χ2v) is 3.83. The lowest BCUT2D eigenvalue weighted by Crippen LogP contribution is -1.94. The van der Waals surface area contributed by atoms with E-state index in [0.29, 0.717) is 5.02 Å². The molecule has 0 unspecified atom stereocenters. The summed E-state index contributed by atoms with van der Waals surface area (Å²) in [5, 5.41) is 9.45. The lowest BCUT2D eigenvalue weighted by atomic mass is 10.0. The van der Waals surface area contributed by atoms with E-state index < -0.39 is 5.97 Å². The van der Waals surface area contributed by atoms with Gasteiger partial charge in [-0.2, -0.15) is 0 Å². The van der Waals surface area contributed by atoms with Crippen molar-refractivity contribution in [3.8, 4) is 11.1 Å². The summed E-state index contributed by atoms with van der Waals surface area (Å²) in [6, 6.07) is 14.2. The molecule has 3 heteroatoms. The third-order valence-corrected chi connectivity index (χ3v) is 2.56. The molecule has 2 rings (SSSR count). The summed E-state index contributed by atoms with van der Waals surface area (Å²) in [6.45, 7) is 4.00. The zero-order valence-electron chi connectivity index (χ0n) is 10.4. The molecule has 0 amide bonds. The van der Waals surface area contributed by atoms with Gasteiger partial charge in [0, 0.05) is 5.02 Å². The summed E-state index contributed by atoms with van der Waals surface area (Å²) in [7, 11) is 0. The summed E-state index contributed by atoms with van der Waals surface area (Å²) in [5.74, 6) is -0.914. The van der Waals surface area contributed by atoms with Crippen LogP contribution < -0.4 is 0 Å².